The molecule has 1 unspecified atom stereocenters. The minimum absolute atomic E-state index is 0.0878. The van der Waals surface area contributed by atoms with Crippen molar-refractivity contribution in [1.29, 1.82) is 0 Å². The van der Waals surface area contributed by atoms with Gasteiger partial charge in [-0.3, -0.25) is 4.79 Å². The molecule has 0 saturated carbocycles. The van der Waals surface area contributed by atoms with Gasteiger partial charge in [-0.2, -0.15) is 4.98 Å². The Hall–Kier alpha value is -3.32. The highest BCUT2D eigenvalue weighted by Gasteiger charge is 2.33. The van der Waals surface area contributed by atoms with E-state index in [1.807, 2.05) is 50.4 Å². The number of fused-ring (bicyclic) bond motifs is 1. The second kappa shape index (κ2) is 11.6. The summed E-state index contributed by atoms with van der Waals surface area (Å²) in [6, 6.07) is 13.8. The van der Waals surface area contributed by atoms with E-state index in [0.717, 1.165) is 59.8 Å². The van der Waals surface area contributed by atoms with Crippen LogP contribution in [-0.4, -0.2) is 48.4 Å². The summed E-state index contributed by atoms with van der Waals surface area (Å²) in [5.41, 5.74) is 4.23. The highest BCUT2D eigenvalue weighted by Crippen LogP contribution is 2.41. The first-order valence-electron chi connectivity index (χ1n) is 12.3. The number of benzene rings is 2. The number of aromatic nitrogens is 2. The molecule has 7 nitrogen and oxygen atoms in total. The molecule has 1 aliphatic rings. The van der Waals surface area contributed by atoms with Crippen molar-refractivity contribution in [2.24, 2.45) is 5.92 Å². The summed E-state index contributed by atoms with van der Waals surface area (Å²) in [6.45, 7) is 3.22. The Morgan fingerprint density at radius 1 is 1.22 bits per heavy atom. The number of nitrogens with zero attached hydrogens (tertiary/aromatic N) is 3. The predicted molar refractivity (Wildman–Crippen MR) is 141 cm³/mol. The lowest BCUT2D eigenvalue weighted by molar-refractivity contribution is -0.142. The molecule has 0 fully saturated rings. The lowest BCUT2D eigenvalue weighted by atomic mass is 9.85. The lowest BCUT2D eigenvalue weighted by Gasteiger charge is -2.21. The summed E-state index contributed by atoms with van der Waals surface area (Å²) in [7, 11) is 3.62. The molecule has 8 heteroatoms. The van der Waals surface area contributed by atoms with Gasteiger partial charge in [-0.15, -0.1) is 0 Å². The number of hydrogen-bond acceptors (Lipinski definition) is 6. The van der Waals surface area contributed by atoms with Crippen LogP contribution in [0, 0.1) is 5.92 Å². The molecule has 0 amide bonds. The van der Waals surface area contributed by atoms with Crippen molar-refractivity contribution < 1.29 is 19.4 Å². The number of carbonyl (C=O) groups is 1. The number of aryl methyl sites for hydroxylation is 1. The smallest absolute Gasteiger partial charge is 0.307 e. The maximum absolute atomic E-state index is 11.6. The summed E-state index contributed by atoms with van der Waals surface area (Å²) >= 11 is 6.11. The Morgan fingerprint density at radius 2 is 1.97 bits per heavy atom. The fourth-order valence-electron chi connectivity index (χ4n) is 4.98. The Morgan fingerprint density at radius 3 is 2.67 bits per heavy atom. The minimum atomic E-state index is -0.708. The van der Waals surface area contributed by atoms with E-state index in [9.17, 15) is 9.90 Å². The summed E-state index contributed by atoms with van der Waals surface area (Å²) in [5.74, 6) is 1.42. The van der Waals surface area contributed by atoms with Gasteiger partial charge in [0.1, 0.15) is 17.3 Å². The number of carboxylic acids is 1. The highest BCUT2D eigenvalue weighted by atomic mass is 35.5. The lowest BCUT2D eigenvalue weighted by Crippen LogP contribution is -2.22. The largest absolute Gasteiger partial charge is 0.497 e. The third-order valence-electron chi connectivity index (χ3n) is 6.89. The van der Waals surface area contributed by atoms with Gasteiger partial charge in [-0.25, -0.2) is 4.98 Å². The number of anilines is 1. The Bertz CT molecular complexity index is 1200. The van der Waals surface area contributed by atoms with E-state index in [-0.39, 0.29) is 17.1 Å². The van der Waals surface area contributed by atoms with Crippen LogP contribution in [0.1, 0.15) is 43.2 Å². The average molecular weight is 510 g/mol. The van der Waals surface area contributed by atoms with Gasteiger partial charge in [0.05, 0.1) is 19.6 Å². The molecule has 1 heterocycles. The molecule has 1 aliphatic carbocycles. The van der Waals surface area contributed by atoms with Gasteiger partial charge in [-0.1, -0.05) is 25.1 Å². The van der Waals surface area contributed by atoms with Crippen LogP contribution >= 0.6 is 11.6 Å². The fraction of sp³-hybridized carbons (Fsp3) is 0.393. The van der Waals surface area contributed by atoms with Gasteiger partial charge in [0.15, 0.2) is 0 Å². The quantitative estimate of drug-likeness (QED) is 0.256. The van der Waals surface area contributed by atoms with Crippen LogP contribution in [0.2, 0.25) is 5.28 Å². The number of aliphatic carboxylic acids is 1. The minimum Gasteiger partial charge on any atom is -0.497 e. The molecule has 4 rings (SSSR count). The van der Waals surface area contributed by atoms with Crippen LogP contribution in [0.4, 0.5) is 5.82 Å². The number of carboxylic acid groups (broad SMARTS) is 1. The molecular weight excluding hydrogens is 478 g/mol. The first-order valence-corrected chi connectivity index (χ1v) is 12.7. The second-order valence-electron chi connectivity index (χ2n) is 9.09. The zero-order valence-electron chi connectivity index (χ0n) is 20.9. The highest BCUT2D eigenvalue weighted by molar-refractivity contribution is 6.28. The molecule has 0 radical (unpaired) electrons. The van der Waals surface area contributed by atoms with Gasteiger partial charge in [-0.05, 0) is 84.2 Å². The molecule has 190 valence electrons. The molecule has 2 aromatic carbocycles. The molecule has 1 aromatic heterocycles. The monoisotopic (exact) mass is 509 g/mol. The number of ether oxygens (including phenoxy) is 2. The first kappa shape index (κ1) is 25.8. The predicted octanol–water partition coefficient (Wildman–Crippen LogP) is 5.85. The summed E-state index contributed by atoms with van der Waals surface area (Å²) in [5, 5.41) is 9.76. The van der Waals surface area contributed by atoms with Crippen molar-refractivity contribution in [2.75, 3.05) is 32.2 Å². The van der Waals surface area contributed by atoms with Crippen LogP contribution in [0.25, 0.3) is 11.1 Å². The van der Waals surface area contributed by atoms with E-state index in [1.165, 1.54) is 5.56 Å². The van der Waals surface area contributed by atoms with E-state index in [1.54, 1.807) is 13.3 Å². The van der Waals surface area contributed by atoms with Gasteiger partial charge < -0.3 is 19.5 Å². The van der Waals surface area contributed by atoms with Gasteiger partial charge >= 0.3 is 5.97 Å². The summed E-state index contributed by atoms with van der Waals surface area (Å²) < 4.78 is 11.3. The molecule has 0 spiro atoms. The maximum atomic E-state index is 11.6. The zero-order valence-corrected chi connectivity index (χ0v) is 21.7. The summed E-state index contributed by atoms with van der Waals surface area (Å²) in [6.07, 6.45) is 4.95. The average Bonchev–Trinajstić information content (AvgIpc) is 3.29. The normalized spacial score (nSPS) is 15.3. The van der Waals surface area contributed by atoms with Crippen LogP contribution in [0.5, 0.6) is 11.5 Å². The van der Waals surface area contributed by atoms with Crippen LogP contribution in [0.3, 0.4) is 0 Å². The topological polar surface area (TPSA) is 84.8 Å². The molecule has 0 aliphatic heterocycles. The number of hydrogen-bond donors (Lipinski definition) is 1. The number of methoxy groups -OCH3 is 1. The van der Waals surface area contributed by atoms with Crippen LogP contribution < -0.4 is 14.4 Å². The SMILES string of the molecule is CCC(C(=O)O)[C@@H]1CCc2cc(OCCCN(C)c3nc(Cl)ncc3-c3ccc(OC)cc3)ccc21. The standard InChI is InChI=1S/C28H32ClN3O4/c1-4-22(27(33)34)24-12-8-19-16-21(11-13-23(19)24)36-15-5-14-32(2)26-25(17-30-28(29)31-26)18-6-9-20(35-3)10-7-18/h6-7,9-11,13,16-17,22,24H,4-5,8,12,14-15H2,1-3H3,(H,33,34)/t22?,24-/m0/s1. The Labute approximate surface area is 217 Å². The molecule has 36 heavy (non-hydrogen) atoms. The fourth-order valence-corrected chi connectivity index (χ4v) is 5.11. The van der Waals surface area contributed by atoms with Crippen molar-refractivity contribution in [2.45, 2.75) is 38.5 Å². The molecule has 1 N–H and O–H groups in total. The number of rotatable bonds is 11. The number of halogens is 1. The van der Waals surface area contributed by atoms with Gasteiger partial charge in [0, 0.05) is 25.4 Å². The third kappa shape index (κ3) is 5.73. The van der Waals surface area contributed by atoms with Crippen molar-refractivity contribution in [3.63, 3.8) is 0 Å². The molecule has 3 aromatic rings. The second-order valence-corrected chi connectivity index (χ2v) is 9.43. The molecule has 0 bridgehead atoms. The first-order chi connectivity index (χ1) is 17.4. The van der Waals surface area contributed by atoms with Crippen LogP contribution in [-0.2, 0) is 11.2 Å². The molecular formula is C28H32ClN3O4. The Balaban J connectivity index is 1.36. The third-order valence-corrected chi connectivity index (χ3v) is 7.07. The van der Waals surface area contributed by atoms with Gasteiger partial charge in [0.2, 0.25) is 5.28 Å². The van der Waals surface area contributed by atoms with Crippen molar-refractivity contribution in [3.05, 3.63) is 65.1 Å². The van der Waals surface area contributed by atoms with Crippen molar-refractivity contribution in [3.8, 4) is 22.6 Å². The van der Waals surface area contributed by atoms with E-state index in [4.69, 9.17) is 21.1 Å². The van der Waals surface area contributed by atoms with Crippen molar-refractivity contribution >= 4 is 23.4 Å². The van der Waals surface area contributed by atoms with E-state index < -0.39 is 5.97 Å². The Kier molecular flexibility index (Phi) is 8.31. The maximum Gasteiger partial charge on any atom is 0.307 e. The van der Waals surface area contributed by atoms with Crippen LogP contribution in [0.15, 0.2) is 48.7 Å². The van der Waals surface area contributed by atoms with Crippen molar-refractivity contribution in [1.82, 2.24) is 9.97 Å². The molecule has 2 atom stereocenters. The molecule has 0 saturated heterocycles. The summed E-state index contributed by atoms with van der Waals surface area (Å²) in [4.78, 5) is 22.3. The van der Waals surface area contributed by atoms with E-state index >= 15 is 0 Å². The van der Waals surface area contributed by atoms with E-state index in [2.05, 4.69) is 20.9 Å². The zero-order chi connectivity index (χ0) is 25.7. The van der Waals surface area contributed by atoms with Gasteiger partial charge in [0.25, 0.3) is 0 Å². The van der Waals surface area contributed by atoms with E-state index in [0.29, 0.717) is 13.0 Å².